The number of H-pyrrole nitrogens is 1. The van der Waals surface area contributed by atoms with Crippen molar-refractivity contribution in [3.63, 3.8) is 0 Å². The minimum absolute atomic E-state index is 0.0671. The van der Waals surface area contributed by atoms with Crippen LogP contribution in [0.1, 0.15) is 12.5 Å². The lowest BCUT2D eigenvalue weighted by Crippen LogP contribution is -2.09. The fraction of sp³-hybridized carbons (Fsp3) is 0.143. The summed E-state index contributed by atoms with van der Waals surface area (Å²) in [5.74, 6) is -0.489. The lowest BCUT2D eigenvalue weighted by atomic mass is 10.1. The molecule has 0 aliphatic rings. The molecule has 98 valence electrons. The fourth-order valence-electron chi connectivity index (χ4n) is 1.88. The molecule has 3 N–H and O–H groups in total. The van der Waals surface area contributed by atoms with Gasteiger partial charge in [-0.2, -0.15) is 0 Å². The number of allylic oxidation sites excluding steroid dienone is 1. The first-order valence-corrected chi connectivity index (χ1v) is 5.77. The summed E-state index contributed by atoms with van der Waals surface area (Å²) in [7, 11) is 0. The maximum absolute atomic E-state index is 11.5. The van der Waals surface area contributed by atoms with Gasteiger partial charge >= 0.3 is 0 Å². The quantitative estimate of drug-likeness (QED) is 0.570. The molecule has 1 amide bonds. The summed E-state index contributed by atoms with van der Waals surface area (Å²) in [5, 5.41) is 12.5. The molecule has 5 heteroatoms. The Hall–Kier alpha value is -2.56. The third-order valence-corrected chi connectivity index (χ3v) is 2.66. The third kappa shape index (κ3) is 3.01. The van der Waals surface area contributed by atoms with E-state index in [0.29, 0.717) is 11.2 Å². The van der Waals surface area contributed by atoms with Gasteiger partial charge in [0, 0.05) is 23.2 Å². The molecule has 1 aromatic carbocycles. The Morgan fingerprint density at radius 1 is 1.37 bits per heavy atom. The van der Waals surface area contributed by atoms with Crippen LogP contribution < -0.4 is 10.9 Å². The van der Waals surface area contributed by atoms with Crippen molar-refractivity contribution in [3.8, 4) is 0 Å². The molecule has 0 unspecified atom stereocenters. The van der Waals surface area contributed by atoms with Crippen LogP contribution in [0.15, 0.2) is 40.9 Å². The molecule has 1 heterocycles. The van der Waals surface area contributed by atoms with E-state index >= 15 is 0 Å². The summed E-state index contributed by atoms with van der Waals surface area (Å²) in [4.78, 5) is 25.6. The highest BCUT2D eigenvalue weighted by Crippen LogP contribution is 2.19. The van der Waals surface area contributed by atoms with Crippen LogP contribution in [0.5, 0.6) is 0 Å². The Bertz CT molecular complexity index is 725. The van der Waals surface area contributed by atoms with Gasteiger partial charge in [0.05, 0.1) is 11.3 Å². The van der Waals surface area contributed by atoms with Gasteiger partial charge < -0.3 is 15.4 Å². The number of aryl methyl sites for hydroxylation is 1. The highest BCUT2D eigenvalue weighted by molar-refractivity contribution is 6.00. The van der Waals surface area contributed by atoms with Gasteiger partial charge in [-0.3, -0.25) is 9.59 Å². The number of nitrogens with one attached hydrogen (secondary N) is 2. The minimum Gasteiger partial charge on any atom is -0.512 e. The standard InChI is InChI=1S/C14H14N2O3/c1-8-5-13(18)16-12-7-10(3-4-11(8)12)15-14(19)6-9(2)17/h3-7,17H,1-2H3,(H,15,19)(H,16,18)/b9-6-. The SMILES string of the molecule is C/C(O)=C/C(=O)Nc1ccc2c(C)cc(=O)[nH]c2c1. The van der Waals surface area contributed by atoms with Gasteiger partial charge in [0.2, 0.25) is 5.56 Å². The second-order valence-corrected chi connectivity index (χ2v) is 4.35. The van der Waals surface area contributed by atoms with E-state index in [0.717, 1.165) is 17.0 Å². The molecule has 2 rings (SSSR count). The van der Waals surface area contributed by atoms with E-state index in [1.165, 1.54) is 13.0 Å². The number of aromatic amines is 1. The number of anilines is 1. The summed E-state index contributed by atoms with van der Waals surface area (Å²) in [6.07, 6.45) is 1.09. The van der Waals surface area contributed by atoms with Gasteiger partial charge in [0.25, 0.3) is 5.91 Å². The second kappa shape index (κ2) is 4.97. The maximum atomic E-state index is 11.5. The molecule has 0 radical (unpaired) electrons. The predicted molar refractivity (Wildman–Crippen MR) is 74.3 cm³/mol. The summed E-state index contributed by atoms with van der Waals surface area (Å²) < 4.78 is 0. The minimum atomic E-state index is -0.422. The van der Waals surface area contributed by atoms with Crippen LogP contribution in [0.4, 0.5) is 5.69 Å². The monoisotopic (exact) mass is 258 g/mol. The Morgan fingerprint density at radius 2 is 2.11 bits per heavy atom. The molecule has 0 bridgehead atoms. The largest absolute Gasteiger partial charge is 0.512 e. The van der Waals surface area contributed by atoms with E-state index in [1.54, 1.807) is 12.1 Å². The zero-order chi connectivity index (χ0) is 14.0. The van der Waals surface area contributed by atoms with Crippen molar-refractivity contribution in [1.29, 1.82) is 0 Å². The van der Waals surface area contributed by atoms with Gasteiger partial charge in [-0.25, -0.2) is 0 Å². The summed E-state index contributed by atoms with van der Waals surface area (Å²) in [6.45, 7) is 3.27. The van der Waals surface area contributed by atoms with Crippen molar-refractivity contribution in [2.24, 2.45) is 0 Å². The number of aromatic nitrogens is 1. The van der Waals surface area contributed by atoms with Crippen molar-refractivity contribution in [1.82, 2.24) is 4.98 Å². The Morgan fingerprint density at radius 3 is 2.79 bits per heavy atom. The predicted octanol–water partition coefficient (Wildman–Crippen LogP) is 2.24. The number of carbonyl (C=O) groups is 1. The van der Waals surface area contributed by atoms with Crippen LogP contribution in [0.3, 0.4) is 0 Å². The molecular formula is C14H14N2O3. The molecule has 0 aliphatic carbocycles. The number of carbonyl (C=O) groups excluding carboxylic acids is 1. The molecule has 0 saturated heterocycles. The topological polar surface area (TPSA) is 82.2 Å². The molecule has 0 aliphatic heterocycles. The van der Waals surface area contributed by atoms with Crippen LogP contribution in [0, 0.1) is 6.92 Å². The molecule has 0 saturated carbocycles. The number of amides is 1. The Labute approximate surface area is 109 Å². The van der Waals surface area contributed by atoms with Gasteiger partial charge in [0.15, 0.2) is 0 Å². The van der Waals surface area contributed by atoms with Gasteiger partial charge in [-0.1, -0.05) is 6.07 Å². The van der Waals surface area contributed by atoms with Crippen LogP contribution in [-0.4, -0.2) is 16.0 Å². The van der Waals surface area contributed by atoms with Gasteiger partial charge in [-0.15, -0.1) is 0 Å². The van der Waals surface area contributed by atoms with Crippen LogP contribution in [0.2, 0.25) is 0 Å². The third-order valence-electron chi connectivity index (χ3n) is 2.66. The molecule has 1 aromatic heterocycles. The number of aliphatic hydroxyl groups excluding tert-OH is 1. The number of aliphatic hydroxyl groups is 1. The number of benzene rings is 1. The number of rotatable bonds is 2. The van der Waals surface area contributed by atoms with Crippen molar-refractivity contribution in [3.05, 3.63) is 52.0 Å². The summed E-state index contributed by atoms with van der Waals surface area (Å²) in [6, 6.07) is 6.78. The van der Waals surface area contributed by atoms with Crippen molar-refractivity contribution in [2.75, 3.05) is 5.32 Å². The molecular weight excluding hydrogens is 244 g/mol. The second-order valence-electron chi connectivity index (χ2n) is 4.35. The Balaban J connectivity index is 2.39. The smallest absolute Gasteiger partial charge is 0.251 e. The van der Waals surface area contributed by atoms with Gasteiger partial charge in [0.1, 0.15) is 0 Å². The van der Waals surface area contributed by atoms with E-state index in [4.69, 9.17) is 5.11 Å². The molecule has 19 heavy (non-hydrogen) atoms. The van der Waals surface area contributed by atoms with Crippen LogP contribution in [0.25, 0.3) is 10.9 Å². The molecule has 0 atom stereocenters. The van der Waals surface area contributed by atoms with E-state index in [1.807, 2.05) is 13.0 Å². The zero-order valence-electron chi connectivity index (χ0n) is 10.7. The van der Waals surface area contributed by atoms with E-state index < -0.39 is 5.91 Å². The fourth-order valence-corrected chi connectivity index (χ4v) is 1.88. The van der Waals surface area contributed by atoms with Crippen molar-refractivity contribution in [2.45, 2.75) is 13.8 Å². The molecule has 0 fully saturated rings. The number of hydrogen-bond acceptors (Lipinski definition) is 3. The van der Waals surface area contributed by atoms with Gasteiger partial charge in [-0.05, 0) is 31.5 Å². The average Bonchev–Trinajstić information content (AvgIpc) is 2.26. The van der Waals surface area contributed by atoms with Crippen molar-refractivity contribution < 1.29 is 9.90 Å². The highest BCUT2D eigenvalue weighted by Gasteiger charge is 2.03. The first kappa shape index (κ1) is 12.9. The molecule has 0 spiro atoms. The van der Waals surface area contributed by atoms with E-state index in [-0.39, 0.29) is 11.3 Å². The van der Waals surface area contributed by atoms with E-state index in [9.17, 15) is 9.59 Å². The number of hydrogen-bond donors (Lipinski definition) is 3. The molecule has 5 nitrogen and oxygen atoms in total. The zero-order valence-corrected chi connectivity index (χ0v) is 10.7. The average molecular weight is 258 g/mol. The van der Waals surface area contributed by atoms with Crippen LogP contribution >= 0.6 is 0 Å². The summed E-state index contributed by atoms with van der Waals surface area (Å²) >= 11 is 0. The maximum Gasteiger partial charge on any atom is 0.251 e. The summed E-state index contributed by atoms with van der Waals surface area (Å²) in [5.41, 5.74) is 1.91. The van der Waals surface area contributed by atoms with Crippen LogP contribution in [-0.2, 0) is 4.79 Å². The molecule has 2 aromatic rings. The number of pyridine rings is 1. The Kier molecular flexibility index (Phi) is 3.37. The lowest BCUT2D eigenvalue weighted by molar-refractivity contribution is -0.112. The first-order valence-electron chi connectivity index (χ1n) is 5.77. The highest BCUT2D eigenvalue weighted by atomic mass is 16.3. The number of fused-ring (bicyclic) bond motifs is 1. The van der Waals surface area contributed by atoms with Crippen molar-refractivity contribution >= 4 is 22.5 Å². The van der Waals surface area contributed by atoms with E-state index in [2.05, 4.69) is 10.3 Å². The lowest BCUT2D eigenvalue weighted by Gasteiger charge is -2.06. The first-order chi connectivity index (χ1) is 8.95. The normalized spacial score (nSPS) is 11.6.